The first kappa shape index (κ1) is 21.0. The van der Waals surface area contributed by atoms with E-state index in [2.05, 4.69) is 10.6 Å². The van der Waals surface area contributed by atoms with Gasteiger partial charge in [-0.2, -0.15) is 0 Å². The van der Waals surface area contributed by atoms with E-state index in [1.807, 2.05) is 0 Å². The van der Waals surface area contributed by atoms with Gasteiger partial charge < -0.3 is 24.8 Å². The number of methoxy groups -OCH3 is 3. The molecule has 7 nitrogen and oxygen atoms in total. The second-order valence-electron chi connectivity index (χ2n) is 5.89. The van der Waals surface area contributed by atoms with E-state index in [-0.39, 0.29) is 24.6 Å². The van der Waals surface area contributed by atoms with Gasteiger partial charge in [-0.05, 0) is 36.8 Å². The van der Waals surface area contributed by atoms with E-state index >= 15 is 0 Å². The molecule has 0 unspecified atom stereocenters. The van der Waals surface area contributed by atoms with Crippen LogP contribution in [-0.2, 0) is 0 Å². The lowest BCUT2D eigenvalue weighted by Gasteiger charge is -2.14. The molecule has 2 N–H and O–H groups in total. The van der Waals surface area contributed by atoms with Crippen LogP contribution < -0.4 is 24.8 Å². The number of benzene rings is 2. The fraction of sp³-hybridized carbons (Fsp3) is 0.300. The summed E-state index contributed by atoms with van der Waals surface area (Å²) in [6.07, 6.45) is 0. The van der Waals surface area contributed by atoms with Crippen molar-refractivity contribution in [2.45, 2.75) is 6.92 Å². The molecule has 150 valence electrons. The Labute approximate surface area is 162 Å². The van der Waals surface area contributed by atoms with Crippen molar-refractivity contribution in [3.05, 3.63) is 52.8 Å². The van der Waals surface area contributed by atoms with Gasteiger partial charge in [-0.3, -0.25) is 9.59 Å². The number of carbonyl (C=O) groups excluding carboxylic acids is 2. The van der Waals surface area contributed by atoms with Crippen molar-refractivity contribution in [1.82, 2.24) is 10.6 Å². The Morgan fingerprint density at radius 2 is 1.39 bits per heavy atom. The van der Waals surface area contributed by atoms with E-state index in [9.17, 15) is 14.0 Å². The van der Waals surface area contributed by atoms with Gasteiger partial charge in [0, 0.05) is 24.2 Å². The number of hydrogen-bond donors (Lipinski definition) is 2. The highest BCUT2D eigenvalue weighted by atomic mass is 19.1. The highest BCUT2D eigenvalue weighted by Crippen LogP contribution is 2.38. The molecule has 2 aromatic rings. The molecule has 0 fully saturated rings. The molecule has 2 amide bonds. The lowest BCUT2D eigenvalue weighted by atomic mass is 10.1. The van der Waals surface area contributed by atoms with Crippen molar-refractivity contribution >= 4 is 11.8 Å². The third-order valence-corrected chi connectivity index (χ3v) is 4.06. The summed E-state index contributed by atoms with van der Waals surface area (Å²) in [5.74, 6) is -0.110. The molecule has 0 aliphatic heterocycles. The van der Waals surface area contributed by atoms with Gasteiger partial charge in [0.05, 0.1) is 21.3 Å². The van der Waals surface area contributed by atoms with Crippen molar-refractivity contribution in [3.8, 4) is 17.2 Å². The Kier molecular flexibility index (Phi) is 7.20. The van der Waals surface area contributed by atoms with Crippen LogP contribution in [0.2, 0.25) is 0 Å². The summed E-state index contributed by atoms with van der Waals surface area (Å²) in [5, 5.41) is 5.31. The second kappa shape index (κ2) is 9.59. The molecule has 28 heavy (non-hydrogen) atoms. The van der Waals surface area contributed by atoms with Crippen LogP contribution in [-0.4, -0.2) is 46.2 Å². The highest BCUT2D eigenvalue weighted by Gasteiger charge is 2.17. The molecule has 0 saturated carbocycles. The quantitative estimate of drug-likeness (QED) is 0.676. The molecule has 0 radical (unpaired) electrons. The lowest BCUT2D eigenvalue weighted by Crippen LogP contribution is -2.34. The summed E-state index contributed by atoms with van der Waals surface area (Å²) in [7, 11) is 4.40. The fourth-order valence-electron chi connectivity index (χ4n) is 2.50. The molecular weight excluding hydrogens is 367 g/mol. The average Bonchev–Trinajstić information content (AvgIpc) is 2.71. The zero-order valence-electron chi connectivity index (χ0n) is 16.2. The Hall–Kier alpha value is -3.29. The molecule has 2 aromatic carbocycles. The second-order valence-corrected chi connectivity index (χ2v) is 5.89. The molecule has 0 aliphatic carbocycles. The number of amides is 2. The number of nitrogens with one attached hydrogen (secondary N) is 2. The number of halogens is 1. The highest BCUT2D eigenvalue weighted by molar-refractivity contribution is 5.96. The Bertz CT molecular complexity index is 845. The van der Waals surface area contributed by atoms with Crippen molar-refractivity contribution in [2.24, 2.45) is 0 Å². The minimum atomic E-state index is -0.441. The molecule has 0 aromatic heterocycles. The molecule has 0 bridgehead atoms. The topological polar surface area (TPSA) is 85.9 Å². The van der Waals surface area contributed by atoms with Crippen molar-refractivity contribution in [3.63, 3.8) is 0 Å². The number of rotatable bonds is 8. The predicted octanol–water partition coefficient (Wildman–Crippen LogP) is 2.32. The van der Waals surface area contributed by atoms with Crippen LogP contribution in [0.1, 0.15) is 26.3 Å². The SMILES string of the molecule is COc1cc(C(=O)NCCNC(=O)c2ccc(C)c(F)c2)cc(OC)c1OC. The summed E-state index contributed by atoms with van der Waals surface area (Å²) in [4.78, 5) is 24.4. The maximum atomic E-state index is 13.5. The van der Waals surface area contributed by atoms with Crippen LogP contribution >= 0.6 is 0 Å². The summed E-state index contributed by atoms with van der Waals surface area (Å²) in [5.41, 5.74) is 1.01. The van der Waals surface area contributed by atoms with E-state index in [4.69, 9.17) is 14.2 Å². The van der Waals surface area contributed by atoms with Crippen LogP contribution in [0.25, 0.3) is 0 Å². The predicted molar refractivity (Wildman–Crippen MR) is 102 cm³/mol. The van der Waals surface area contributed by atoms with Crippen LogP contribution in [0, 0.1) is 12.7 Å². The third-order valence-electron chi connectivity index (χ3n) is 4.06. The van der Waals surface area contributed by atoms with E-state index < -0.39 is 11.7 Å². The largest absolute Gasteiger partial charge is 0.493 e. The van der Waals surface area contributed by atoms with Crippen LogP contribution in [0.15, 0.2) is 30.3 Å². The first-order valence-electron chi connectivity index (χ1n) is 8.53. The number of aryl methyl sites for hydroxylation is 1. The van der Waals surface area contributed by atoms with E-state index in [0.29, 0.717) is 28.4 Å². The van der Waals surface area contributed by atoms with Gasteiger partial charge in [0.1, 0.15) is 5.82 Å². The lowest BCUT2D eigenvalue weighted by molar-refractivity contribution is 0.0927. The van der Waals surface area contributed by atoms with Gasteiger partial charge in [0.15, 0.2) is 11.5 Å². The molecule has 2 rings (SSSR count). The van der Waals surface area contributed by atoms with E-state index in [1.54, 1.807) is 13.0 Å². The molecule has 8 heteroatoms. The number of carbonyl (C=O) groups is 2. The Morgan fingerprint density at radius 3 is 1.86 bits per heavy atom. The minimum Gasteiger partial charge on any atom is -0.493 e. The van der Waals surface area contributed by atoms with Crippen molar-refractivity contribution < 1.29 is 28.2 Å². The Morgan fingerprint density at radius 1 is 0.857 bits per heavy atom. The third kappa shape index (κ3) is 4.91. The first-order valence-corrected chi connectivity index (χ1v) is 8.53. The monoisotopic (exact) mass is 390 g/mol. The zero-order valence-corrected chi connectivity index (χ0v) is 16.2. The van der Waals surface area contributed by atoms with Crippen LogP contribution in [0.5, 0.6) is 17.2 Å². The van der Waals surface area contributed by atoms with Crippen LogP contribution in [0.4, 0.5) is 4.39 Å². The fourth-order valence-corrected chi connectivity index (χ4v) is 2.50. The van der Waals surface area contributed by atoms with Crippen molar-refractivity contribution in [1.29, 1.82) is 0 Å². The van der Waals surface area contributed by atoms with Gasteiger partial charge in [-0.1, -0.05) is 6.07 Å². The van der Waals surface area contributed by atoms with Crippen LogP contribution in [0.3, 0.4) is 0 Å². The molecule has 0 atom stereocenters. The van der Waals surface area contributed by atoms with Gasteiger partial charge >= 0.3 is 0 Å². The molecular formula is C20H23FN2O5. The minimum absolute atomic E-state index is 0.185. The van der Waals surface area contributed by atoms with Gasteiger partial charge in [0.25, 0.3) is 11.8 Å². The summed E-state index contributed by atoms with van der Waals surface area (Å²) >= 11 is 0. The number of hydrogen-bond acceptors (Lipinski definition) is 5. The summed E-state index contributed by atoms with van der Waals surface area (Å²) in [6, 6.07) is 7.33. The van der Waals surface area contributed by atoms with Crippen molar-refractivity contribution in [2.75, 3.05) is 34.4 Å². The molecule has 0 saturated heterocycles. The standard InChI is InChI=1S/C20H23FN2O5/c1-12-5-6-13(9-15(12)21)19(24)22-7-8-23-20(25)14-10-16(26-2)18(28-4)17(11-14)27-3/h5-6,9-11H,7-8H2,1-4H3,(H,22,24)(H,23,25). The zero-order chi connectivity index (χ0) is 20.7. The average molecular weight is 390 g/mol. The normalized spacial score (nSPS) is 10.2. The maximum Gasteiger partial charge on any atom is 0.251 e. The van der Waals surface area contributed by atoms with E-state index in [0.717, 1.165) is 0 Å². The van der Waals surface area contributed by atoms with Gasteiger partial charge in [-0.15, -0.1) is 0 Å². The Balaban J connectivity index is 1.93. The number of ether oxygens (including phenoxy) is 3. The van der Waals surface area contributed by atoms with Gasteiger partial charge in [0.2, 0.25) is 5.75 Å². The van der Waals surface area contributed by atoms with Gasteiger partial charge in [-0.25, -0.2) is 4.39 Å². The molecule has 0 spiro atoms. The maximum absolute atomic E-state index is 13.5. The smallest absolute Gasteiger partial charge is 0.251 e. The van der Waals surface area contributed by atoms with E-state index in [1.165, 1.54) is 45.6 Å². The molecule has 0 aliphatic rings. The molecule has 0 heterocycles. The summed E-state index contributed by atoms with van der Waals surface area (Å²) < 4.78 is 29.2. The first-order chi connectivity index (χ1) is 13.4. The summed E-state index contributed by atoms with van der Waals surface area (Å²) in [6.45, 7) is 2.00.